The molecular formula is C23H25N3O5. The first-order valence-corrected chi connectivity index (χ1v) is 10.4. The smallest absolute Gasteiger partial charge is 0.414 e. The fraction of sp³-hybridized carbons (Fsp3) is 0.348. The molecule has 1 saturated heterocycles. The van der Waals surface area contributed by atoms with Crippen LogP contribution >= 0.6 is 0 Å². The van der Waals surface area contributed by atoms with E-state index in [4.69, 9.17) is 4.74 Å². The van der Waals surface area contributed by atoms with Crippen molar-refractivity contribution < 1.29 is 24.2 Å². The van der Waals surface area contributed by atoms with Crippen molar-refractivity contribution in [2.24, 2.45) is 0 Å². The number of carboxylic acids is 1. The van der Waals surface area contributed by atoms with Crippen molar-refractivity contribution >= 4 is 23.7 Å². The van der Waals surface area contributed by atoms with E-state index in [1.807, 2.05) is 24.3 Å². The van der Waals surface area contributed by atoms with Crippen molar-refractivity contribution in [2.75, 3.05) is 24.5 Å². The molecule has 31 heavy (non-hydrogen) atoms. The second-order valence-corrected chi connectivity index (χ2v) is 7.80. The Morgan fingerprint density at radius 3 is 2.55 bits per heavy atom. The summed E-state index contributed by atoms with van der Waals surface area (Å²) < 4.78 is 5.33. The molecule has 2 aliphatic rings. The second-order valence-electron chi connectivity index (χ2n) is 7.80. The molecule has 0 aliphatic carbocycles. The number of fused-ring (bicyclic) bond motifs is 1. The van der Waals surface area contributed by atoms with Gasteiger partial charge in [-0.1, -0.05) is 36.4 Å². The van der Waals surface area contributed by atoms with E-state index in [0.717, 1.165) is 24.1 Å². The predicted molar refractivity (Wildman–Crippen MR) is 114 cm³/mol. The molecule has 2 aromatic carbocycles. The van der Waals surface area contributed by atoms with Gasteiger partial charge < -0.3 is 15.2 Å². The Balaban J connectivity index is 1.29. The topological polar surface area (TPSA) is 99.2 Å². The largest absolute Gasteiger partial charge is 0.478 e. The Bertz CT molecular complexity index is 985. The van der Waals surface area contributed by atoms with Crippen LogP contribution in [0.25, 0.3) is 0 Å². The van der Waals surface area contributed by atoms with Gasteiger partial charge in [0.15, 0.2) is 0 Å². The Kier molecular flexibility index (Phi) is 6.18. The Morgan fingerprint density at radius 1 is 1.06 bits per heavy atom. The number of carboxylic acid groups (broad SMARTS) is 1. The van der Waals surface area contributed by atoms with Crippen LogP contribution in [0.15, 0.2) is 48.5 Å². The first kappa shape index (κ1) is 20.9. The number of rotatable bonds is 6. The van der Waals surface area contributed by atoms with Gasteiger partial charge in [0.2, 0.25) is 5.91 Å². The number of cyclic esters (lactones) is 1. The molecule has 2 N–H and O–H groups in total. The number of nitrogens with one attached hydrogen (secondary N) is 1. The molecule has 2 aliphatic heterocycles. The molecule has 0 aromatic heterocycles. The Morgan fingerprint density at radius 2 is 1.77 bits per heavy atom. The normalized spacial score (nSPS) is 17.0. The molecule has 0 bridgehead atoms. The molecular weight excluding hydrogens is 398 g/mol. The van der Waals surface area contributed by atoms with Crippen LogP contribution in [0.3, 0.4) is 0 Å². The molecule has 2 amide bonds. The van der Waals surface area contributed by atoms with Gasteiger partial charge in [-0.2, -0.15) is 0 Å². The third-order valence-corrected chi connectivity index (χ3v) is 5.81. The third-order valence-electron chi connectivity index (χ3n) is 5.81. The van der Waals surface area contributed by atoms with Gasteiger partial charge in [0.05, 0.1) is 17.8 Å². The summed E-state index contributed by atoms with van der Waals surface area (Å²) in [5.74, 6) is -1.16. The molecule has 1 fully saturated rings. The summed E-state index contributed by atoms with van der Waals surface area (Å²) in [4.78, 5) is 39.9. The first-order chi connectivity index (χ1) is 15.0. The number of carbonyl (C=O) groups excluding carboxylic acids is 2. The van der Waals surface area contributed by atoms with E-state index in [0.29, 0.717) is 25.3 Å². The zero-order valence-electron chi connectivity index (χ0n) is 17.1. The van der Waals surface area contributed by atoms with E-state index in [1.54, 1.807) is 23.1 Å². The van der Waals surface area contributed by atoms with E-state index in [2.05, 4.69) is 10.2 Å². The zero-order chi connectivity index (χ0) is 21.8. The lowest BCUT2D eigenvalue weighted by molar-refractivity contribution is -0.122. The minimum atomic E-state index is -1.01. The summed E-state index contributed by atoms with van der Waals surface area (Å²) in [6, 6.07) is 14.5. The lowest BCUT2D eigenvalue weighted by Crippen LogP contribution is -2.50. The summed E-state index contributed by atoms with van der Waals surface area (Å²) in [6.07, 6.45) is 1.18. The predicted octanol–water partition coefficient (Wildman–Crippen LogP) is 2.62. The number of para-hydroxylation sites is 1. The fourth-order valence-corrected chi connectivity index (χ4v) is 4.19. The number of carbonyl (C=O) groups is 3. The summed E-state index contributed by atoms with van der Waals surface area (Å²) in [5.41, 5.74) is 2.68. The van der Waals surface area contributed by atoms with Gasteiger partial charge in [-0.3, -0.25) is 14.6 Å². The van der Waals surface area contributed by atoms with Gasteiger partial charge in [-0.25, -0.2) is 9.59 Å². The zero-order valence-corrected chi connectivity index (χ0v) is 17.1. The molecule has 0 unspecified atom stereocenters. The minimum absolute atomic E-state index is 0.0377. The van der Waals surface area contributed by atoms with E-state index in [9.17, 15) is 19.5 Å². The molecule has 2 aromatic rings. The van der Waals surface area contributed by atoms with Crippen molar-refractivity contribution in [3.05, 3.63) is 65.2 Å². The molecule has 8 heteroatoms. The van der Waals surface area contributed by atoms with Crippen LogP contribution in [0, 0.1) is 0 Å². The van der Waals surface area contributed by atoms with Gasteiger partial charge in [0.25, 0.3) is 0 Å². The fourth-order valence-electron chi connectivity index (χ4n) is 4.19. The molecule has 0 spiro atoms. The molecule has 0 radical (unpaired) electrons. The number of aromatic carboxylic acids is 1. The van der Waals surface area contributed by atoms with Crippen LogP contribution in [-0.4, -0.2) is 53.7 Å². The van der Waals surface area contributed by atoms with Gasteiger partial charge in [0.1, 0.15) is 6.61 Å². The summed E-state index contributed by atoms with van der Waals surface area (Å²) in [7, 11) is 0. The lowest BCUT2D eigenvalue weighted by Gasteiger charge is -2.40. The van der Waals surface area contributed by atoms with Crippen molar-refractivity contribution in [3.8, 4) is 0 Å². The maximum absolute atomic E-state index is 12.4. The van der Waals surface area contributed by atoms with Crippen LogP contribution in [0.2, 0.25) is 0 Å². The highest BCUT2D eigenvalue weighted by atomic mass is 16.6. The average Bonchev–Trinajstić information content (AvgIpc) is 2.78. The number of ether oxygens (including phenoxy) is 1. The van der Waals surface area contributed by atoms with E-state index >= 15 is 0 Å². The molecule has 0 atom stereocenters. The summed E-state index contributed by atoms with van der Waals surface area (Å²) in [5, 5.41) is 12.1. The number of piperidine rings is 1. The van der Waals surface area contributed by atoms with E-state index in [1.165, 1.54) is 6.07 Å². The molecule has 8 nitrogen and oxygen atoms in total. The molecule has 162 valence electrons. The highest BCUT2D eigenvalue weighted by Gasteiger charge is 2.34. The van der Waals surface area contributed by atoms with Gasteiger partial charge in [0, 0.05) is 31.2 Å². The highest BCUT2D eigenvalue weighted by Crippen LogP contribution is 2.31. The second kappa shape index (κ2) is 9.18. The average molecular weight is 423 g/mol. The van der Waals surface area contributed by atoms with Crippen molar-refractivity contribution in [1.29, 1.82) is 0 Å². The van der Waals surface area contributed by atoms with Gasteiger partial charge >= 0.3 is 12.1 Å². The highest BCUT2D eigenvalue weighted by molar-refractivity contribution is 5.91. The molecule has 4 rings (SSSR count). The Labute approximate surface area is 180 Å². The molecule has 2 heterocycles. The van der Waals surface area contributed by atoms with Crippen molar-refractivity contribution in [3.63, 3.8) is 0 Å². The number of nitrogens with zero attached hydrogens (tertiary/aromatic N) is 2. The van der Waals surface area contributed by atoms with E-state index < -0.39 is 5.97 Å². The number of anilines is 1. The minimum Gasteiger partial charge on any atom is -0.478 e. The Hall–Kier alpha value is -3.39. The van der Waals surface area contributed by atoms with Crippen LogP contribution in [0.1, 0.15) is 34.3 Å². The monoisotopic (exact) mass is 423 g/mol. The van der Waals surface area contributed by atoms with Crippen LogP contribution in [0.4, 0.5) is 10.5 Å². The lowest BCUT2D eigenvalue weighted by atomic mass is 10.0. The standard InChI is InChI=1S/C23H25N3O5/c27-21(24-13-16-5-1-3-7-19(16)22(28)29)14-25-11-9-18(10-12-25)26-20-8-4-2-6-17(20)15-31-23(26)30/h1-8,18H,9-15H2,(H,24,27)(H,28,29). The summed E-state index contributed by atoms with van der Waals surface area (Å²) in [6.45, 7) is 2.10. The SMILES string of the molecule is O=C(CN1CCC(N2C(=O)OCc3ccccc32)CC1)NCc1ccccc1C(=O)O. The number of likely N-dealkylation sites (tertiary alicyclic amines) is 1. The van der Waals surface area contributed by atoms with E-state index in [-0.39, 0.29) is 36.7 Å². The van der Waals surface area contributed by atoms with Crippen molar-refractivity contribution in [1.82, 2.24) is 10.2 Å². The number of benzene rings is 2. The van der Waals surface area contributed by atoms with Crippen LogP contribution in [-0.2, 0) is 22.7 Å². The maximum Gasteiger partial charge on any atom is 0.414 e. The quantitative estimate of drug-likeness (QED) is 0.741. The molecule has 0 saturated carbocycles. The van der Waals surface area contributed by atoms with Crippen LogP contribution in [0.5, 0.6) is 0 Å². The third kappa shape index (κ3) is 4.69. The first-order valence-electron chi connectivity index (χ1n) is 10.4. The van der Waals surface area contributed by atoms with Gasteiger partial charge in [-0.15, -0.1) is 0 Å². The number of hydrogen-bond donors (Lipinski definition) is 2. The number of hydrogen-bond acceptors (Lipinski definition) is 5. The van der Waals surface area contributed by atoms with Crippen molar-refractivity contribution in [2.45, 2.75) is 32.0 Å². The number of amides is 2. The van der Waals surface area contributed by atoms with Gasteiger partial charge in [-0.05, 0) is 30.5 Å². The maximum atomic E-state index is 12.4. The van der Waals surface area contributed by atoms with Crippen LogP contribution < -0.4 is 10.2 Å². The summed E-state index contributed by atoms with van der Waals surface area (Å²) >= 11 is 0.